The zero-order chi connectivity index (χ0) is 25.8. The molecule has 2 saturated heterocycles. The normalized spacial score (nSPS) is 23.5. The molecule has 2 aromatic carbocycles. The number of hydrogen-bond acceptors (Lipinski definition) is 5. The fourth-order valence-corrected chi connectivity index (χ4v) is 6.43. The Hall–Kier alpha value is -1.21. The van der Waals surface area contributed by atoms with Gasteiger partial charge in [-0.3, -0.25) is 14.6 Å². The molecule has 2 fully saturated rings. The largest absolute Gasteiger partial charge is 0.369 e. The molecular formula is C27H34Cl4N4O. The second kappa shape index (κ2) is 12.6. The Kier molecular flexibility index (Phi) is 9.70. The van der Waals surface area contributed by atoms with Crippen LogP contribution in [0.5, 0.6) is 0 Å². The van der Waals surface area contributed by atoms with E-state index in [2.05, 4.69) is 33.4 Å². The molecular weight excluding hydrogens is 538 g/mol. The third-order valence-corrected chi connectivity index (χ3v) is 8.58. The van der Waals surface area contributed by atoms with Crippen LogP contribution in [0, 0.1) is 0 Å². The number of alkyl halides is 2. The van der Waals surface area contributed by atoms with E-state index in [9.17, 15) is 4.79 Å². The van der Waals surface area contributed by atoms with E-state index >= 15 is 0 Å². The second-order valence-corrected chi connectivity index (χ2v) is 11.3. The number of benzene rings is 2. The maximum atomic E-state index is 13.9. The lowest BCUT2D eigenvalue weighted by molar-refractivity contribution is -0.130. The molecule has 5 nitrogen and oxygen atoms in total. The minimum absolute atomic E-state index is 0.124. The maximum Gasteiger partial charge on any atom is 0.169 e. The molecule has 0 amide bonds. The summed E-state index contributed by atoms with van der Waals surface area (Å²) in [5, 5.41) is 1.46. The van der Waals surface area contributed by atoms with E-state index in [1.807, 2.05) is 48.5 Å². The Morgan fingerprint density at radius 2 is 1.08 bits per heavy atom. The Balaban J connectivity index is 1.41. The molecule has 0 saturated carbocycles. The van der Waals surface area contributed by atoms with Gasteiger partial charge in [0.25, 0.3) is 0 Å². The van der Waals surface area contributed by atoms with Crippen LogP contribution in [-0.2, 0) is 4.79 Å². The van der Waals surface area contributed by atoms with E-state index < -0.39 is 0 Å². The van der Waals surface area contributed by atoms with Crippen molar-refractivity contribution in [2.75, 3.05) is 60.8 Å². The van der Waals surface area contributed by atoms with Gasteiger partial charge >= 0.3 is 0 Å². The van der Waals surface area contributed by atoms with Crippen LogP contribution in [-0.4, -0.2) is 90.8 Å². The Morgan fingerprint density at radius 3 is 1.39 bits per heavy atom. The van der Waals surface area contributed by atoms with Gasteiger partial charge in [0.15, 0.2) is 5.78 Å². The topological polar surface area (TPSA) is 30.0 Å². The van der Waals surface area contributed by atoms with Crippen LogP contribution in [0.25, 0.3) is 0 Å². The molecule has 0 radical (unpaired) electrons. The average Bonchev–Trinajstić information content (AvgIpc) is 2.87. The standard InChI is InChI=1S/C27H34Cl4N4O/c1-19-17-32(23-7-3-21(30)4-8-23)11-13-34(19)25(15-28)27(36)26(16-29)35-14-12-33(18-20(35)2)24-9-5-22(31)6-10-24/h3-10,19-20,25-26H,11-18H2,1-2H3/t19-,20-,25?,26?/m0/s1. The predicted octanol–water partition coefficient (Wildman–Crippen LogP) is 5.50. The van der Waals surface area contributed by atoms with E-state index in [1.165, 1.54) is 0 Å². The first-order valence-corrected chi connectivity index (χ1v) is 14.3. The van der Waals surface area contributed by atoms with Crippen LogP contribution in [0.2, 0.25) is 10.0 Å². The molecule has 0 spiro atoms. The third-order valence-electron chi connectivity index (χ3n) is 7.49. The molecule has 0 bridgehead atoms. The number of ketones is 1. The van der Waals surface area contributed by atoms with Gasteiger partial charge in [-0.05, 0) is 62.4 Å². The Labute approximate surface area is 234 Å². The number of carbonyl (C=O) groups is 1. The first kappa shape index (κ1) is 27.8. The first-order chi connectivity index (χ1) is 17.3. The molecule has 2 aliphatic heterocycles. The van der Waals surface area contributed by atoms with Gasteiger partial charge in [-0.25, -0.2) is 0 Å². The number of nitrogens with zero attached hydrogens (tertiary/aromatic N) is 4. The van der Waals surface area contributed by atoms with E-state index in [1.54, 1.807) is 0 Å². The van der Waals surface area contributed by atoms with Crippen LogP contribution in [0.3, 0.4) is 0 Å². The molecule has 0 aliphatic carbocycles. The van der Waals surface area contributed by atoms with Gasteiger partial charge in [0, 0.05) is 84.5 Å². The molecule has 2 heterocycles. The first-order valence-electron chi connectivity index (χ1n) is 12.5. The van der Waals surface area contributed by atoms with E-state index in [0.717, 1.165) is 60.7 Å². The SMILES string of the molecule is C[C@H]1CN(c2ccc(Cl)cc2)CCN1C(CCl)C(=O)C(CCl)N1CCN(c2ccc(Cl)cc2)C[C@@H]1C. The zero-order valence-corrected chi connectivity index (χ0v) is 23.8. The highest BCUT2D eigenvalue weighted by atomic mass is 35.5. The highest BCUT2D eigenvalue weighted by molar-refractivity contribution is 6.31. The third kappa shape index (κ3) is 6.25. The number of carbonyl (C=O) groups excluding carboxylic acids is 1. The summed E-state index contributed by atoms with van der Waals surface area (Å²) < 4.78 is 0. The van der Waals surface area contributed by atoms with Gasteiger partial charge in [-0.15, -0.1) is 23.2 Å². The van der Waals surface area contributed by atoms with Crippen molar-refractivity contribution in [2.24, 2.45) is 0 Å². The lowest BCUT2D eigenvalue weighted by Crippen LogP contribution is -2.64. The van der Waals surface area contributed by atoms with Crippen molar-refractivity contribution >= 4 is 63.6 Å². The number of anilines is 2. The Morgan fingerprint density at radius 1 is 0.722 bits per heavy atom. The minimum Gasteiger partial charge on any atom is -0.369 e. The fraction of sp³-hybridized carbons (Fsp3) is 0.519. The summed E-state index contributed by atoms with van der Waals surface area (Å²) in [6.07, 6.45) is 0. The van der Waals surface area contributed by atoms with Crippen LogP contribution < -0.4 is 9.80 Å². The molecule has 2 aromatic rings. The van der Waals surface area contributed by atoms with Crippen LogP contribution >= 0.6 is 46.4 Å². The zero-order valence-electron chi connectivity index (χ0n) is 20.8. The highest BCUT2D eigenvalue weighted by Gasteiger charge is 2.40. The minimum atomic E-state index is -0.362. The van der Waals surface area contributed by atoms with Crippen molar-refractivity contribution < 1.29 is 4.79 Å². The quantitative estimate of drug-likeness (QED) is 0.390. The van der Waals surface area contributed by atoms with Crippen LogP contribution in [0.1, 0.15) is 13.8 Å². The summed E-state index contributed by atoms with van der Waals surface area (Å²) in [6.45, 7) is 9.16. The molecule has 4 rings (SSSR count). The molecule has 0 N–H and O–H groups in total. The molecule has 2 aliphatic rings. The lowest BCUT2D eigenvalue weighted by Gasteiger charge is -2.47. The molecule has 0 aromatic heterocycles. The van der Waals surface area contributed by atoms with Gasteiger partial charge in [-0.1, -0.05) is 23.2 Å². The van der Waals surface area contributed by atoms with E-state index in [4.69, 9.17) is 46.4 Å². The van der Waals surface area contributed by atoms with Crippen molar-refractivity contribution in [3.05, 3.63) is 58.6 Å². The number of piperazine rings is 2. The fourth-order valence-electron chi connectivity index (χ4n) is 5.52. The molecule has 9 heteroatoms. The van der Waals surface area contributed by atoms with Crippen molar-refractivity contribution in [3.8, 4) is 0 Å². The van der Waals surface area contributed by atoms with Gasteiger partial charge in [0.2, 0.25) is 0 Å². The maximum absolute atomic E-state index is 13.9. The second-order valence-electron chi connectivity index (χ2n) is 9.76. The monoisotopic (exact) mass is 570 g/mol. The van der Waals surface area contributed by atoms with Crippen LogP contribution in [0.4, 0.5) is 11.4 Å². The van der Waals surface area contributed by atoms with Crippen molar-refractivity contribution in [1.82, 2.24) is 9.80 Å². The number of hydrogen-bond donors (Lipinski definition) is 0. The van der Waals surface area contributed by atoms with Crippen molar-refractivity contribution in [3.63, 3.8) is 0 Å². The van der Waals surface area contributed by atoms with Gasteiger partial charge in [-0.2, -0.15) is 0 Å². The number of Topliss-reactive ketones (excluding diaryl/α,β-unsaturated/α-hetero) is 1. The smallest absolute Gasteiger partial charge is 0.169 e. The summed E-state index contributed by atoms with van der Waals surface area (Å²) >= 11 is 25.0. The van der Waals surface area contributed by atoms with E-state index in [0.29, 0.717) is 0 Å². The summed E-state index contributed by atoms with van der Waals surface area (Å²) in [4.78, 5) is 23.1. The highest BCUT2D eigenvalue weighted by Crippen LogP contribution is 2.26. The molecule has 196 valence electrons. The Bertz CT molecular complexity index is 926. The summed E-state index contributed by atoms with van der Waals surface area (Å²) in [7, 11) is 0. The van der Waals surface area contributed by atoms with Crippen molar-refractivity contribution in [1.29, 1.82) is 0 Å². The summed E-state index contributed by atoms with van der Waals surface area (Å²) in [5.74, 6) is 0.645. The average molecular weight is 572 g/mol. The van der Waals surface area contributed by atoms with Crippen LogP contribution in [0.15, 0.2) is 48.5 Å². The predicted molar refractivity (Wildman–Crippen MR) is 154 cm³/mol. The lowest BCUT2D eigenvalue weighted by atomic mass is 9.99. The molecule has 2 unspecified atom stereocenters. The van der Waals surface area contributed by atoms with E-state index in [-0.39, 0.29) is 41.7 Å². The molecule has 4 atom stereocenters. The van der Waals surface area contributed by atoms with Gasteiger partial charge < -0.3 is 9.80 Å². The van der Waals surface area contributed by atoms with Gasteiger partial charge in [0.05, 0.1) is 12.1 Å². The number of halogens is 4. The summed E-state index contributed by atoms with van der Waals surface area (Å²) in [5.41, 5.74) is 2.29. The van der Waals surface area contributed by atoms with Gasteiger partial charge in [0.1, 0.15) is 0 Å². The molecule has 36 heavy (non-hydrogen) atoms. The summed E-state index contributed by atoms with van der Waals surface area (Å²) in [6, 6.07) is 15.5. The number of rotatable bonds is 8. The van der Waals surface area contributed by atoms with Crippen molar-refractivity contribution in [2.45, 2.75) is 38.0 Å².